The number of hydrogen-bond donors (Lipinski definition) is 0. The number of thiazole rings is 1. The zero-order chi connectivity index (χ0) is 25.7. The molecule has 0 spiro atoms. The third-order valence-corrected chi connectivity index (χ3v) is 9.87. The zero-order valence-electron chi connectivity index (χ0n) is 21.4. The van der Waals surface area contributed by atoms with E-state index in [4.69, 9.17) is 4.98 Å². The van der Waals surface area contributed by atoms with Crippen LogP contribution in [0.1, 0.15) is 56.0 Å². The van der Waals surface area contributed by atoms with Gasteiger partial charge >= 0.3 is 0 Å². The van der Waals surface area contributed by atoms with E-state index in [1.54, 1.807) is 33.5 Å². The summed E-state index contributed by atoms with van der Waals surface area (Å²) < 4.78 is 28.7. The second kappa shape index (κ2) is 11.8. The molecule has 1 aromatic heterocycles. The number of likely N-dealkylation sites (N-methyl/N-ethyl adjacent to an activating group) is 1. The number of carbonyl (C=O) groups is 1. The first-order chi connectivity index (χ1) is 17.4. The highest BCUT2D eigenvalue weighted by Gasteiger charge is 2.27. The third kappa shape index (κ3) is 5.80. The molecule has 194 valence electrons. The standard InChI is InChI=1S/C27H36N4O3S2/c1-4-21-10-15-24-25(20-21)35-27(28-24)31(19-18-29(5-2)6-3)26(32)22-11-13-23(14-12-22)36(33,34)30-16-8-7-9-17-30/h10-15,20H,4-9,16-19H2,1-3H3. The first kappa shape index (κ1) is 26.7. The molecule has 1 aliphatic heterocycles. The first-order valence-electron chi connectivity index (χ1n) is 12.9. The fourth-order valence-corrected chi connectivity index (χ4v) is 7.11. The van der Waals surface area contributed by atoms with Crippen LogP contribution in [0.15, 0.2) is 47.4 Å². The summed E-state index contributed by atoms with van der Waals surface area (Å²) in [5, 5.41) is 0.667. The monoisotopic (exact) mass is 528 g/mol. The molecule has 1 saturated heterocycles. The Morgan fingerprint density at radius 2 is 1.67 bits per heavy atom. The van der Waals surface area contributed by atoms with Crippen LogP contribution in [0.5, 0.6) is 0 Å². The number of hydrogen-bond acceptors (Lipinski definition) is 6. The Morgan fingerprint density at radius 1 is 0.972 bits per heavy atom. The minimum absolute atomic E-state index is 0.168. The van der Waals surface area contributed by atoms with Gasteiger partial charge < -0.3 is 4.90 Å². The molecule has 0 saturated carbocycles. The van der Waals surface area contributed by atoms with Crippen LogP contribution in [0, 0.1) is 0 Å². The lowest BCUT2D eigenvalue weighted by Gasteiger charge is -2.26. The number of aryl methyl sites for hydroxylation is 1. The fourth-order valence-electron chi connectivity index (χ4n) is 4.54. The Balaban J connectivity index is 1.62. The summed E-state index contributed by atoms with van der Waals surface area (Å²) >= 11 is 1.52. The molecule has 0 unspecified atom stereocenters. The van der Waals surface area contributed by atoms with Crippen molar-refractivity contribution in [2.75, 3.05) is 44.2 Å². The third-order valence-electron chi connectivity index (χ3n) is 6.91. The Labute approximate surface area is 218 Å². The summed E-state index contributed by atoms with van der Waals surface area (Å²) in [5.74, 6) is -0.168. The maximum absolute atomic E-state index is 13.7. The van der Waals surface area contributed by atoms with E-state index in [9.17, 15) is 13.2 Å². The molecule has 1 amide bonds. The number of nitrogens with zero attached hydrogens (tertiary/aromatic N) is 4. The summed E-state index contributed by atoms with van der Waals surface area (Å²) in [6.07, 6.45) is 3.78. The summed E-state index contributed by atoms with van der Waals surface area (Å²) in [4.78, 5) is 22.7. The molecule has 0 radical (unpaired) electrons. The van der Waals surface area contributed by atoms with Crippen LogP contribution in [-0.2, 0) is 16.4 Å². The molecule has 2 heterocycles. The number of fused-ring (bicyclic) bond motifs is 1. The topological polar surface area (TPSA) is 73.8 Å². The van der Waals surface area contributed by atoms with E-state index in [1.807, 2.05) is 6.07 Å². The van der Waals surface area contributed by atoms with Crippen LogP contribution in [0.4, 0.5) is 5.13 Å². The number of benzene rings is 2. The van der Waals surface area contributed by atoms with Gasteiger partial charge in [-0.05, 0) is 74.3 Å². The van der Waals surface area contributed by atoms with Crippen LogP contribution in [0.3, 0.4) is 0 Å². The van der Waals surface area contributed by atoms with Crippen molar-refractivity contribution >= 4 is 42.6 Å². The van der Waals surface area contributed by atoms with E-state index in [0.717, 1.165) is 55.5 Å². The molecule has 0 N–H and O–H groups in total. The van der Waals surface area contributed by atoms with Gasteiger partial charge in [-0.15, -0.1) is 0 Å². The molecule has 4 rings (SSSR count). The summed E-state index contributed by atoms with van der Waals surface area (Å²) in [5.41, 5.74) is 2.58. The van der Waals surface area contributed by atoms with E-state index in [0.29, 0.717) is 30.3 Å². The van der Waals surface area contributed by atoms with Crippen molar-refractivity contribution in [3.05, 3.63) is 53.6 Å². The Hall–Kier alpha value is -2.33. The Morgan fingerprint density at radius 3 is 2.31 bits per heavy atom. The number of amides is 1. The molecular weight excluding hydrogens is 492 g/mol. The fraction of sp³-hybridized carbons (Fsp3) is 0.481. The van der Waals surface area contributed by atoms with E-state index in [1.165, 1.54) is 16.9 Å². The molecule has 0 aliphatic carbocycles. The number of piperidine rings is 1. The SMILES string of the molecule is CCc1ccc2nc(N(CCN(CC)CC)C(=O)c3ccc(S(=O)(=O)N4CCCCC4)cc3)sc2c1. The van der Waals surface area contributed by atoms with Gasteiger partial charge in [0.15, 0.2) is 5.13 Å². The minimum atomic E-state index is -3.54. The van der Waals surface area contributed by atoms with Crippen LogP contribution in [0.2, 0.25) is 0 Å². The average Bonchev–Trinajstić information content (AvgIpc) is 3.34. The molecule has 1 aliphatic rings. The van der Waals surface area contributed by atoms with Crippen molar-refractivity contribution < 1.29 is 13.2 Å². The van der Waals surface area contributed by atoms with E-state index in [-0.39, 0.29) is 10.8 Å². The molecule has 0 atom stereocenters. The van der Waals surface area contributed by atoms with Gasteiger partial charge in [-0.25, -0.2) is 13.4 Å². The molecule has 0 bridgehead atoms. The highest BCUT2D eigenvalue weighted by molar-refractivity contribution is 7.89. The van der Waals surface area contributed by atoms with E-state index in [2.05, 4.69) is 37.8 Å². The quantitative estimate of drug-likeness (QED) is 0.369. The van der Waals surface area contributed by atoms with Gasteiger partial charge in [-0.1, -0.05) is 44.6 Å². The van der Waals surface area contributed by atoms with Crippen LogP contribution in [-0.4, -0.2) is 67.8 Å². The highest BCUT2D eigenvalue weighted by Crippen LogP contribution is 2.31. The van der Waals surface area contributed by atoms with E-state index < -0.39 is 10.0 Å². The molecular formula is C27H36N4O3S2. The first-order valence-corrected chi connectivity index (χ1v) is 15.2. The predicted octanol–water partition coefficient (Wildman–Crippen LogP) is 5.02. The number of aromatic nitrogens is 1. The Bertz CT molecular complexity index is 1280. The van der Waals surface area contributed by atoms with Crippen molar-refractivity contribution in [1.29, 1.82) is 0 Å². The minimum Gasteiger partial charge on any atom is -0.302 e. The summed E-state index contributed by atoms with van der Waals surface area (Å²) in [6, 6.07) is 12.6. The molecule has 36 heavy (non-hydrogen) atoms. The second-order valence-corrected chi connectivity index (χ2v) is 12.1. The summed E-state index contributed by atoms with van der Waals surface area (Å²) in [7, 11) is -3.54. The van der Waals surface area contributed by atoms with Gasteiger partial charge in [-0.3, -0.25) is 9.69 Å². The van der Waals surface area contributed by atoms with Gasteiger partial charge in [0.1, 0.15) is 0 Å². The van der Waals surface area contributed by atoms with E-state index >= 15 is 0 Å². The van der Waals surface area contributed by atoms with Crippen molar-refractivity contribution in [2.24, 2.45) is 0 Å². The maximum atomic E-state index is 13.7. The average molecular weight is 529 g/mol. The van der Waals surface area contributed by atoms with Gasteiger partial charge in [0.2, 0.25) is 10.0 Å². The summed E-state index contributed by atoms with van der Waals surface area (Å²) in [6.45, 7) is 10.5. The predicted molar refractivity (Wildman–Crippen MR) is 148 cm³/mol. The lowest BCUT2D eigenvalue weighted by molar-refractivity contribution is 0.0983. The number of sulfonamides is 1. The van der Waals surface area contributed by atoms with Gasteiger partial charge in [0, 0.05) is 31.7 Å². The lowest BCUT2D eigenvalue weighted by Crippen LogP contribution is -2.39. The smallest absolute Gasteiger partial charge is 0.260 e. The van der Waals surface area contributed by atoms with Gasteiger partial charge in [0.25, 0.3) is 5.91 Å². The lowest BCUT2D eigenvalue weighted by atomic mass is 10.2. The van der Waals surface area contributed by atoms with Gasteiger partial charge in [-0.2, -0.15) is 4.31 Å². The Kier molecular flexibility index (Phi) is 8.77. The second-order valence-electron chi connectivity index (χ2n) is 9.12. The normalized spacial score (nSPS) is 15.0. The van der Waals surface area contributed by atoms with Crippen molar-refractivity contribution in [3.63, 3.8) is 0 Å². The van der Waals surface area contributed by atoms with Crippen molar-refractivity contribution in [1.82, 2.24) is 14.2 Å². The largest absolute Gasteiger partial charge is 0.302 e. The molecule has 1 fully saturated rings. The molecule has 2 aromatic carbocycles. The molecule has 3 aromatic rings. The van der Waals surface area contributed by atoms with Crippen LogP contribution >= 0.6 is 11.3 Å². The number of anilines is 1. The highest BCUT2D eigenvalue weighted by atomic mass is 32.2. The van der Waals surface area contributed by atoms with Gasteiger partial charge in [0.05, 0.1) is 15.1 Å². The van der Waals surface area contributed by atoms with Crippen LogP contribution in [0.25, 0.3) is 10.2 Å². The molecule has 7 nitrogen and oxygen atoms in total. The number of rotatable bonds is 10. The zero-order valence-corrected chi connectivity index (χ0v) is 23.1. The number of carbonyl (C=O) groups excluding carboxylic acids is 1. The maximum Gasteiger partial charge on any atom is 0.260 e. The molecule has 9 heteroatoms. The van der Waals surface area contributed by atoms with Crippen LogP contribution < -0.4 is 4.90 Å². The van der Waals surface area contributed by atoms with Crippen molar-refractivity contribution in [2.45, 2.75) is 51.3 Å². The van der Waals surface area contributed by atoms with Crippen molar-refractivity contribution in [3.8, 4) is 0 Å².